The van der Waals surface area contributed by atoms with Gasteiger partial charge in [-0.3, -0.25) is 0 Å². The first-order valence-electron chi connectivity index (χ1n) is 5.14. The summed E-state index contributed by atoms with van der Waals surface area (Å²) in [5.41, 5.74) is 0.681. The number of nitriles is 1. The molecule has 84 valence electrons. The van der Waals surface area contributed by atoms with Crippen LogP contribution in [0.2, 0.25) is 0 Å². The monoisotopic (exact) mass is 241 g/mol. The van der Waals surface area contributed by atoms with Gasteiger partial charge in [-0.2, -0.15) is 5.26 Å². The molecule has 0 bridgehead atoms. The minimum Gasteiger partial charge on any atom is -0.497 e. The summed E-state index contributed by atoms with van der Waals surface area (Å²) in [6.07, 6.45) is 0. The Kier molecular flexibility index (Phi) is 3.69. The van der Waals surface area contributed by atoms with Gasteiger partial charge in [0.2, 0.25) is 0 Å². The summed E-state index contributed by atoms with van der Waals surface area (Å²) in [5.74, 6) is 0.851. The van der Waals surface area contributed by atoms with E-state index in [9.17, 15) is 0 Å². The first-order chi connectivity index (χ1) is 8.31. The first-order valence-corrected chi connectivity index (χ1v) is 5.95. The van der Waals surface area contributed by atoms with Crippen LogP contribution in [-0.4, -0.2) is 7.11 Å². The molecular formula is C14H11NOS. The highest BCUT2D eigenvalue weighted by Gasteiger charge is 1.99. The average Bonchev–Trinajstić information content (AvgIpc) is 2.40. The third-order valence-electron chi connectivity index (χ3n) is 2.26. The molecule has 0 atom stereocenters. The van der Waals surface area contributed by atoms with Gasteiger partial charge in [-0.05, 0) is 42.5 Å². The maximum Gasteiger partial charge on any atom is 0.119 e. The van der Waals surface area contributed by atoms with E-state index in [1.54, 1.807) is 18.9 Å². The van der Waals surface area contributed by atoms with E-state index in [0.29, 0.717) is 5.56 Å². The lowest BCUT2D eigenvalue weighted by Gasteiger charge is -2.04. The zero-order valence-corrected chi connectivity index (χ0v) is 10.2. The minimum atomic E-state index is 0.681. The van der Waals surface area contributed by atoms with Gasteiger partial charge in [0.15, 0.2) is 0 Å². The van der Waals surface area contributed by atoms with Crippen molar-refractivity contribution in [3.05, 3.63) is 54.1 Å². The highest BCUT2D eigenvalue weighted by molar-refractivity contribution is 7.99. The van der Waals surface area contributed by atoms with Gasteiger partial charge in [0.05, 0.1) is 18.7 Å². The van der Waals surface area contributed by atoms with E-state index in [2.05, 4.69) is 6.07 Å². The van der Waals surface area contributed by atoms with Crippen molar-refractivity contribution in [1.29, 1.82) is 5.26 Å². The van der Waals surface area contributed by atoms with Crippen molar-refractivity contribution in [3.63, 3.8) is 0 Å². The van der Waals surface area contributed by atoms with E-state index >= 15 is 0 Å². The van der Waals surface area contributed by atoms with Gasteiger partial charge in [-0.1, -0.05) is 17.8 Å². The second-order valence-corrected chi connectivity index (χ2v) is 4.56. The zero-order chi connectivity index (χ0) is 12.1. The van der Waals surface area contributed by atoms with Crippen LogP contribution in [0.3, 0.4) is 0 Å². The molecule has 0 saturated carbocycles. The van der Waals surface area contributed by atoms with Crippen LogP contribution in [0.25, 0.3) is 0 Å². The fraction of sp³-hybridized carbons (Fsp3) is 0.0714. The Morgan fingerprint density at radius 2 is 1.82 bits per heavy atom. The molecule has 2 aromatic rings. The number of rotatable bonds is 3. The standard InChI is InChI=1S/C14H11NOS/c1-16-12-3-2-4-14(9-12)17-13-7-5-11(10-15)6-8-13/h2-9H,1H3. The number of hydrogen-bond acceptors (Lipinski definition) is 3. The summed E-state index contributed by atoms with van der Waals surface area (Å²) >= 11 is 1.65. The smallest absolute Gasteiger partial charge is 0.119 e. The topological polar surface area (TPSA) is 33.0 Å². The molecule has 2 rings (SSSR count). The second kappa shape index (κ2) is 5.42. The molecule has 0 aliphatic carbocycles. The predicted molar refractivity (Wildman–Crippen MR) is 68.3 cm³/mol. The normalized spacial score (nSPS) is 9.65. The molecule has 0 fully saturated rings. The van der Waals surface area contributed by atoms with Crippen molar-refractivity contribution in [3.8, 4) is 11.8 Å². The molecule has 3 heteroatoms. The van der Waals surface area contributed by atoms with Gasteiger partial charge in [0, 0.05) is 9.79 Å². The van der Waals surface area contributed by atoms with E-state index in [1.165, 1.54) is 0 Å². The number of benzene rings is 2. The Morgan fingerprint density at radius 3 is 2.47 bits per heavy atom. The molecule has 0 heterocycles. The molecule has 2 nitrogen and oxygen atoms in total. The number of hydrogen-bond donors (Lipinski definition) is 0. The summed E-state index contributed by atoms with van der Waals surface area (Å²) in [5, 5.41) is 8.71. The predicted octanol–water partition coefficient (Wildman–Crippen LogP) is 3.72. The molecule has 0 amide bonds. The van der Waals surface area contributed by atoms with E-state index < -0.39 is 0 Å². The van der Waals surface area contributed by atoms with Crippen LogP contribution in [0, 0.1) is 11.3 Å². The van der Waals surface area contributed by atoms with E-state index in [-0.39, 0.29) is 0 Å². The molecule has 0 aromatic heterocycles. The Balaban J connectivity index is 2.16. The van der Waals surface area contributed by atoms with Gasteiger partial charge in [-0.15, -0.1) is 0 Å². The minimum absolute atomic E-state index is 0.681. The first kappa shape index (κ1) is 11.6. The largest absolute Gasteiger partial charge is 0.497 e. The van der Waals surface area contributed by atoms with Crippen molar-refractivity contribution < 1.29 is 4.74 Å². The van der Waals surface area contributed by atoms with E-state index in [0.717, 1.165) is 15.5 Å². The van der Waals surface area contributed by atoms with Crippen molar-refractivity contribution in [2.24, 2.45) is 0 Å². The molecular weight excluding hydrogens is 230 g/mol. The molecule has 2 aromatic carbocycles. The summed E-state index contributed by atoms with van der Waals surface area (Å²) in [7, 11) is 1.66. The lowest BCUT2D eigenvalue weighted by atomic mass is 10.2. The van der Waals surface area contributed by atoms with Crippen molar-refractivity contribution in [2.75, 3.05) is 7.11 Å². The van der Waals surface area contributed by atoms with Crippen LogP contribution in [0.15, 0.2) is 58.3 Å². The fourth-order valence-electron chi connectivity index (χ4n) is 1.40. The fourth-order valence-corrected chi connectivity index (χ4v) is 2.26. The third-order valence-corrected chi connectivity index (χ3v) is 3.26. The number of methoxy groups -OCH3 is 1. The summed E-state index contributed by atoms with van der Waals surface area (Å²) in [6.45, 7) is 0. The van der Waals surface area contributed by atoms with Crippen LogP contribution in [0.1, 0.15) is 5.56 Å². The van der Waals surface area contributed by atoms with E-state index in [4.69, 9.17) is 10.00 Å². The molecule has 0 saturated heterocycles. The van der Waals surface area contributed by atoms with Gasteiger partial charge < -0.3 is 4.74 Å². The lowest BCUT2D eigenvalue weighted by molar-refractivity contribution is 0.413. The van der Waals surface area contributed by atoms with Crippen LogP contribution >= 0.6 is 11.8 Å². The lowest BCUT2D eigenvalue weighted by Crippen LogP contribution is -1.82. The van der Waals surface area contributed by atoms with Crippen molar-refractivity contribution >= 4 is 11.8 Å². The van der Waals surface area contributed by atoms with Gasteiger partial charge in [-0.25, -0.2) is 0 Å². The Morgan fingerprint density at radius 1 is 1.06 bits per heavy atom. The van der Waals surface area contributed by atoms with Gasteiger partial charge in [0.25, 0.3) is 0 Å². The van der Waals surface area contributed by atoms with Gasteiger partial charge in [0.1, 0.15) is 5.75 Å². The average molecular weight is 241 g/mol. The van der Waals surface area contributed by atoms with Crippen LogP contribution in [-0.2, 0) is 0 Å². The van der Waals surface area contributed by atoms with Crippen molar-refractivity contribution in [1.82, 2.24) is 0 Å². The Bertz CT molecular complexity index is 543. The summed E-state index contributed by atoms with van der Waals surface area (Å²) in [6, 6.07) is 17.5. The van der Waals surface area contributed by atoms with E-state index in [1.807, 2.05) is 48.5 Å². The maximum absolute atomic E-state index is 8.71. The molecule has 0 N–H and O–H groups in total. The maximum atomic E-state index is 8.71. The van der Waals surface area contributed by atoms with Crippen LogP contribution in [0.4, 0.5) is 0 Å². The zero-order valence-electron chi connectivity index (χ0n) is 9.38. The number of nitrogens with zero attached hydrogens (tertiary/aromatic N) is 1. The highest BCUT2D eigenvalue weighted by Crippen LogP contribution is 2.29. The van der Waals surface area contributed by atoms with Gasteiger partial charge >= 0.3 is 0 Å². The van der Waals surface area contributed by atoms with Crippen LogP contribution in [0.5, 0.6) is 5.75 Å². The molecule has 0 radical (unpaired) electrons. The molecule has 0 unspecified atom stereocenters. The van der Waals surface area contributed by atoms with Crippen LogP contribution < -0.4 is 4.74 Å². The Hall–Kier alpha value is -1.92. The molecule has 0 aliphatic rings. The summed E-state index contributed by atoms with van der Waals surface area (Å²) < 4.78 is 5.17. The molecule has 17 heavy (non-hydrogen) atoms. The highest BCUT2D eigenvalue weighted by atomic mass is 32.2. The second-order valence-electron chi connectivity index (χ2n) is 3.42. The molecule has 0 spiro atoms. The summed E-state index contributed by atoms with van der Waals surface area (Å²) in [4.78, 5) is 2.23. The SMILES string of the molecule is COc1cccc(Sc2ccc(C#N)cc2)c1. The Labute approximate surface area is 105 Å². The van der Waals surface area contributed by atoms with Crippen molar-refractivity contribution in [2.45, 2.75) is 9.79 Å². The number of ether oxygens (including phenoxy) is 1. The third kappa shape index (κ3) is 3.02. The quantitative estimate of drug-likeness (QED) is 0.821. The molecule has 0 aliphatic heterocycles.